The third-order valence-corrected chi connectivity index (χ3v) is 5.51. The maximum absolute atomic E-state index is 12.8. The molecule has 0 radical (unpaired) electrons. The SMILES string of the molecule is COc1cc([N+](=O)[O-])ccc1S(=O)(=O)N1CC(C)OCC1C. The van der Waals surface area contributed by atoms with Crippen LogP contribution in [-0.4, -0.2) is 50.1 Å². The van der Waals surface area contributed by atoms with Gasteiger partial charge in [-0.15, -0.1) is 0 Å². The molecule has 0 spiro atoms. The highest BCUT2D eigenvalue weighted by Gasteiger charge is 2.36. The molecule has 1 heterocycles. The summed E-state index contributed by atoms with van der Waals surface area (Å²) in [4.78, 5) is 10.1. The number of hydrogen-bond acceptors (Lipinski definition) is 6. The minimum absolute atomic E-state index is 0.0412. The largest absolute Gasteiger partial charge is 0.495 e. The van der Waals surface area contributed by atoms with Crippen molar-refractivity contribution in [3.63, 3.8) is 0 Å². The van der Waals surface area contributed by atoms with Gasteiger partial charge in [0.05, 0.1) is 30.8 Å². The molecule has 2 rings (SSSR count). The summed E-state index contributed by atoms with van der Waals surface area (Å²) in [6.45, 7) is 4.07. The Kier molecular flexibility index (Phi) is 4.69. The van der Waals surface area contributed by atoms with E-state index in [9.17, 15) is 18.5 Å². The first-order chi connectivity index (χ1) is 10.3. The first-order valence-electron chi connectivity index (χ1n) is 6.73. The number of nitro benzene ring substituents is 1. The van der Waals surface area contributed by atoms with Gasteiger partial charge < -0.3 is 9.47 Å². The van der Waals surface area contributed by atoms with E-state index in [1.165, 1.54) is 17.5 Å². The van der Waals surface area contributed by atoms with E-state index in [0.717, 1.165) is 12.1 Å². The van der Waals surface area contributed by atoms with Crippen LogP contribution in [0.25, 0.3) is 0 Å². The topological polar surface area (TPSA) is 99.0 Å². The van der Waals surface area contributed by atoms with Crippen LogP contribution in [0.1, 0.15) is 13.8 Å². The predicted octanol–water partition coefficient (Wildman–Crippen LogP) is 1.40. The molecule has 0 aromatic heterocycles. The van der Waals surface area contributed by atoms with Crippen LogP contribution < -0.4 is 4.74 Å². The van der Waals surface area contributed by atoms with Crippen LogP contribution in [0.5, 0.6) is 5.75 Å². The molecule has 0 aliphatic carbocycles. The lowest BCUT2D eigenvalue weighted by Gasteiger charge is -2.35. The molecule has 0 bridgehead atoms. The number of sulfonamides is 1. The molecule has 122 valence electrons. The first-order valence-corrected chi connectivity index (χ1v) is 8.17. The van der Waals surface area contributed by atoms with Crippen LogP contribution >= 0.6 is 0 Å². The first kappa shape index (κ1) is 16.7. The van der Waals surface area contributed by atoms with E-state index in [0.29, 0.717) is 6.61 Å². The number of hydrogen-bond donors (Lipinski definition) is 0. The number of nitrogens with zero attached hydrogens (tertiary/aromatic N) is 2. The zero-order valence-corrected chi connectivity index (χ0v) is 13.4. The maximum atomic E-state index is 12.8. The van der Waals surface area contributed by atoms with Crippen molar-refractivity contribution in [1.82, 2.24) is 4.31 Å². The highest BCUT2D eigenvalue weighted by molar-refractivity contribution is 7.89. The van der Waals surface area contributed by atoms with Crippen molar-refractivity contribution in [3.05, 3.63) is 28.3 Å². The second kappa shape index (κ2) is 6.19. The van der Waals surface area contributed by atoms with Crippen molar-refractivity contribution < 1.29 is 22.8 Å². The summed E-state index contributed by atoms with van der Waals surface area (Å²) in [5.74, 6) is -0.0412. The summed E-state index contributed by atoms with van der Waals surface area (Å²) in [5.41, 5.74) is -0.223. The maximum Gasteiger partial charge on any atom is 0.273 e. The lowest BCUT2D eigenvalue weighted by molar-refractivity contribution is -0.385. The van der Waals surface area contributed by atoms with Gasteiger partial charge in [0, 0.05) is 18.7 Å². The number of rotatable bonds is 4. The summed E-state index contributed by atoms with van der Waals surface area (Å²) >= 11 is 0. The Morgan fingerprint density at radius 1 is 1.41 bits per heavy atom. The Hall–Kier alpha value is -1.71. The van der Waals surface area contributed by atoms with Crippen LogP contribution in [0.15, 0.2) is 23.1 Å². The van der Waals surface area contributed by atoms with Gasteiger partial charge in [-0.3, -0.25) is 10.1 Å². The number of nitro groups is 1. The lowest BCUT2D eigenvalue weighted by atomic mass is 10.2. The van der Waals surface area contributed by atoms with Gasteiger partial charge in [0.2, 0.25) is 10.0 Å². The van der Waals surface area contributed by atoms with E-state index in [4.69, 9.17) is 9.47 Å². The highest BCUT2D eigenvalue weighted by Crippen LogP contribution is 2.32. The van der Waals surface area contributed by atoms with Crippen LogP contribution in [0.3, 0.4) is 0 Å². The van der Waals surface area contributed by atoms with Crippen molar-refractivity contribution in [2.24, 2.45) is 0 Å². The number of benzene rings is 1. The van der Waals surface area contributed by atoms with Gasteiger partial charge in [-0.05, 0) is 19.9 Å². The van der Waals surface area contributed by atoms with Crippen LogP contribution in [0.4, 0.5) is 5.69 Å². The van der Waals surface area contributed by atoms with Crippen molar-refractivity contribution >= 4 is 15.7 Å². The molecule has 0 amide bonds. The zero-order valence-electron chi connectivity index (χ0n) is 12.6. The Bertz CT molecular complexity index is 675. The highest BCUT2D eigenvalue weighted by atomic mass is 32.2. The summed E-state index contributed by atoms with van der Waals surface area (Å²) < 4.78 is 37.5. The Morgan fingerprint density at radius 2 is 2.09 bits per heavy atom. The average Bonchev–Trinajstić information content (AvgIpc) is 2.48. The molecular formula is C13H18N2O6S. The van der Waals surface area contributed by atoms with E-state index in [2.05, 4.69) is 0 Å². The molecule has 2 atom stereocenters. The molecule has 2 unspecified atom stereocenters. The van der Waals surface area contributed by atoms with E-state index in [1.54, 1.807) is 13.8 Å². The summed E-state index contributed by atoms with van der Waals surface area (Å²) in [6, 6.07) is 3.16. The Balaban J connectivity index is 2.46. The predicted molar refractivity (Wildman–Crippen MR) is 78.4 cm³/mol. The molecule has 1 aromatic carbocycles. The minimum Gasteiger partial charge on any atom is -0.495 e. The van der Waals surface area contributed by atoms with E-state index >= 15 is 0 Å². The van der Waals surface area contributed by atoms with Crippen molar-refractivity contribution in [3.8, 4) is 5.75 Å². The van der Waals surface area contributed by atoms with Crippen molar-refractivity contribution in [2.45, 2.75) is 30.9 Å². The van der Waals surface area contributed by atoms with E-state index in [1.807, 2.05) is 0 Å². The summed E-state index contributed by atoms with van der Waals surface area (Å²) in [6.07, 6.45) is -0.213. The second-order valence-electron chi connectivity index (χ2n) is 5.16. The van der Waals surface area contributed by atoms with Gasteiger partial charge in [0.1, 0.15) is 10.6 Å². The molecule has 9 heteroatoms. The van der Waals surface area contributed by atoms with Gasteiger partial charge >= 0.3 is 0 Å². The van der Waals surface area contributed by atoms with E-state index < -0.39 is 14.9 Å². The summed E-state index contributed by atoms with van der Waals surface area (Å²) in [5, 5.41) is 10.8. The molecule has 1 fully saturated rings. The normalized spacial score (nSPS) is 23.2. The average molecular weight is 330 g/mol. The fourth-order valence-electron chi connectivity index (χ4n) is 2.32. The molecule has 0 saturated carbocycles. The quantitative estimate of drug-likeness (QED) is 0.611. The van der Waals surface area contributed by atoms with Gasteiger partial charge in [-0.2, -0.15) is 4.31 Å². The second-order valence-corrected chi connectivity index (χ2v) is 7.02. The van der Waals surface area contributed by atoms with Gasteiger partial charge in [0.25, 0.3) is 5.69 Å². The number of non-ortho nitro benzene ring substituents is 1. The third-order valence-electron chi connectivity index (χ3n) is 3.50. The number of methoxy groups -OCH3 is 1. The molecule has 8 nitrogen and oxygen atoms in total. The standard InChI is InChI=1S/C13H18N2O6S/c1-9-8-21-10(2)7-14(9)22(18,19)13-5-4-11(15(16)17)6-12(13)20-3/h4-6,9-10H,7-8H2,1-3H3. The van der Waals surface area contributed by atoms with Crippen molar-refractivity contribution in [1.29, 1.82) is 0 Å². The molecule has 1 aromatic rings. The number of ether oxygens (including phenoxy) is 2. The Morgan fingerprint density at radius 3 is 2.68 bits per heavy atom. The van der Waals surface area contributed by atoms with Crippen LogP contribution in [0.2, 0.25) is 0 Å². The molecular weight excluding hydrogens is 312 g/mol. The molecule has 1 aliphatic rings. The fourth-order valence-corrected chi connectivity index (χ4v) is 4.15. The lowest BCUT2D eigenvalue weighted by Crippen LogP contribution is -2.50. The zero-order chi connectivity index (χ0) is 16.5. The molecule has 0 N–H and O–H groups in total. The molecule has 1 saturated heterocycles. The van der Waals surface area contributed by atoms with Crippen LogP contribution in [0, 0.1) is 10.1 Å². The van der Waals surface area contributed by atoms with Crippen molar-refractivity contribution in [2.75, 3.05) is 20.3 Å². The third kappa shape index (κ3) is 3.06. The minimum atomic E-state index is -3.82. The molecule has 22 heavy (non-hydrogen) atoms. The summed E-state index contributed by atoms with van der Waals surface area (Å²) in [7, 11) is -2.54. The van der Waals surface area contributed by atoms with E-state index in [-0.39, 0.29) is 35.0 Å². The monoisotopic (exact) mass is 330 g/mol. The number of morpholine rings is 1. The Labute approximate surface area is 128 Å². The van der Waals surface area contributed by atoms with Gasteiger partial charge in [-0.1, -0.05) is 0 Å². The smallest absolute Gasteiger partial charge is 0.273 e. The fraction of sp³-hybridized carbons (Fsp3) is 0.538. The van der Waals surface area contributed by atoms with Crippen LogP contribution in [-0.2, 0) is 14.8 Å². The van der Waals surface area contributed by atoms with Gasteiger partial charge in [-0.25, -0.2) is 8.42 Å². The molecule has 1 aliphatic heterocycles. The van der Waals surface area contributed by atoms with Gasteiger partial charge in [0.15, 0.2) is 0 Å².